The van der Waals surface area contributed by atoms with Gasteiger partial charge in [-0.3, -0.25) is 0 Å². The van der Waals surface area contributed by atoms with Crippen LogP contribution in [0.4, 0.5) is 13.2 Å². The Hall–Kier alpha value is -0.470. The largest absolute Gasteiger partial charge is 0.244 e. The van der Waals surface area contributed by atoms with Crippen LogP contribution < -0.4 is 0 Å². The zero-order valence-electron chi connectivity index (χ0n) is 17.3. The minimum atomic E-state index is -1.93. The highest BCUT2D eigenvalue weighted by Gasteiger charge is 2.45. The average Bonchev–Trinajstić information content (AvgIpc) is 2.70. The van der Waals surface area contributed by atoms with Gasteiger partial charge in [0.05, 0.1) is 0 Å². The van der Waals surface area contributed by atoms with E-state index in [-0.39, 0.29) is 12.3 Å². The molecule has 3 heteroatoms. The number of halogens is 3. The maximum absolute atomic E-state index is 14.1. The Morgan fingerprint density at radius 2 is 1.67 bits per heavy atom. The van der Waals surface area contributed by atoms with Crippen molar-refractivity contribution >= 4 is 0 Å². The summed E-state index contributed by atoms with van der Waals surface area (Å²) in [6, 6.07) is 0. The van der Waals surface area contributed by atoms with Crippen LogP contribution in [0, 0.1) is 29.6 Å². The quantitative estimate of drug-likeness (QED) is 0.324. The topological polar surface area (TPSA) is 0 Å². The Balaban J connectivity index is 1.48. The van der Waals surface area contributed by atoms with Gasteiger partial charge in [-0.15, -0.1) is 0 Å². The third-order valence-corrected chi connectivity index (χ3v) is 8.00. The van der Waals surface area contributed by atoms with Crippen molar-refractivity contribution in [1.29, 1.82) is 0 Å². The first-order chi connectivity index (χ1) is 13.0. The van der Waals surface area contributed by atoms with Crippen molar-refractivity contribution < 1.29 is 13.2 Å². The maximum atomic E-state index is 14.1. The van der Waals surface area contributed by atoms with Crippen molar-refractivity contribution in [3.63, 3.8) is 0 Å². The van der Waals surface area contributed by atoms with Crippen LogP contribution in [0.5, 0.6) is 0 Å². The van der Waals surface area contributed by atoms with Gasteiger partial charge in [-0.2, -0.15) is 0 Å². The lowest BCUT2D eigenvalue weighted by molar-refractivity contribution is -0.0121. The van der Waals surface area contributed by atoms with E-state index in [0.29, 0.717) is 0 Å². The summed E-state index contributed by atoms with van der Waals surface area (Å²) in [5.74, 6) is 2.04. The third kappa shape index (κ3) is 5.12. The number of alkyl halides is 3. The van der Waals surface area contributed by atoms with Crippen LogP contribution in [-0.4, -0.2) is 18.5 Å². The Kier molecular flexibility index (Phi) is 7.74. The van der Waals surface area contributed by atoms with Gasteiger partial charge in [0.1, 0.15) is 12.3 Å². The fourth-order valence-electron chi connectivity index (χ4n) is 6.06. The number of hydrogen-bond acceptors (Lipinski definition) is 0. The van der Waals surface area contributed by atoms with E-state index in [9.17, 15) is 13.2 Å². The van der Waals surface area contributed by atoms with Crippen LogP contribution in [-0.2, 0) is 0 Å². The molecule has 3 aliphatic carbocycles. The summed E-state index contributed by atoms with van der Waals surface area (Å²) in [5.41, 5.74) is 1.21. The molecule has 0 aromatic rings. The molecule has 27 heavy (non-hydrogen) atoms. The van der Waals surface area contributed by atoms with Gasteiger partial charge in [0.15, 0.2) is 6.17 Å². The van der Waals surface area contributed by atoms with Gasteiger partial charge in [0, 0.05) is 0 Å². The predicted octanol–water partition coefficient (Wildman–Crippen LogP) is 7.77. The van der Waals surface area contributed by atoms with E-state index in [1.165, 1.54) is 56.9 Å². The lowest BCUT2D eigenvalue weighted by Gasteiger charge is -2.40. The van der Waals surface area contributed by atoms with Crippen molar-refractivity contribution in [1.82, 2.24) is 0 Å². The van der Waals surface area contributed by atoms with Crippen molar-refractivity contribution in [2.24, 2.45) is 29.6 Å². The molecule has 0 radical (unpaired) electrons. The van der Waals surface area contributed by atoms with E-state index < -0.39 is 24.4 Å². The molecule has 156 valence electrons. The molecule has 0 heterocycles. The van der Waals surface area contributed by atoms with Crippen molar-refractivity contribution in [2.45, 2.75) is 109 Å². The summed E-state index contributed by atoms with van der Waals surface area (Å²) in [5, 5.41) is 0. The van der Waals surface area contributed by atoms with Gasteiger partial charge in [-0.1, -0.05) is 64.0 Å². The van der Waals surface area contributed by atoms with E-state index in [2.05, 4.69) is 13.0 Å². The van der Waals surface area contributed by atoms with Crippen LogP contribution >= 0.6 is 0 Å². The minimum absolute atomic E-state index is 0.0998. The van der Waals surface area contributed by atoms with Crippen LogP contribution in [0.25, 0.3) is 0 Å². The molecule has 0 aromatic heterocycles. The molecule has 0 aliphatic heterocycles. The lowest BCUT2D eigenvalue weighted by atomic mass is 9.67. The molecule has 6 atom stereocenters. The van der Waals surface area contributed by atoms with Crippen LogP contribution in [0.2, 0.25) is 0 Å². The molecular formula is C24H39F3. The van der Waals surface area contributed by atoms with Gasteiger partial charge in [-0.25, -0.2) is 13.2 Å². The van der Waals surface area contributed by atoms with E-state index in [4.69, 9.17) is 0 Å². The third-order valence-electron chi connectivity index (χ3n) is 8.00. The van der Waals surface area contributed by atoms with Crippen LogP contribution in [0.3, 0.4) is 0 Å². The molecule has 0 bridgehead atoms. The van der Waals surface area contributed by atoms with Crippen LogP contribution in [0.15, 0.2) is 11.6 Å². The molecule has 3 rings (SSSR count). The highest BCUT2D eigenvalue weighted by molar-refractivity contribution is 5.15. The molecule has 0 amide bonds. The van der Waals surface area contributed by atoms with Gasteiger partial charge < -0.3 is 0 Å². The maximum Gasteiger partial charge on any atom is 0.162 e. The van der Waals surface area contributed by atoms with Gasteiger partial charge in [0.2, 0.25) is 0 Å². The second-order valence-electron chi connectivity index (χ2n) is 9.70. The second kappa shape index (κ2) is 9.83. The molecule has 0 saturated heterocycles. The van der Waals surface area contributed by atoms with E-state index >= 15 is 0 Å². The Bertz CT molecular complexity index is 480. The molecule has 0 nitrogen and oxygen atoms in total. The number of allylic oxidation sites excluding steroid dienone is 2. The lowest BCUT2D eigenvalue weighted by Crippen LogP contribution is -2.44. The minimum Gasteiger partial charge on any atom is -0.244 e. The first-order valence-electron chi connectivity index (χ1n) is 11.6. The zero-order valence-corrected chi connectivity index (χ0v) is 17.3. The molecule has 0 N–H and O–H groups in total. The van der Waals surface area contributed by atoms with Gasteiger partial charge in [-0.05, 0) is 68.1 Å². The molecule has 3 aliphatic rings. The molecule has 2 fully saturated rings. The number of unbranched alkanes of at least 4 members (excludes halogenated alkanes) is 2. The highest BCUT2D eigenvalue weighted by atomic mass is 19.2. The Labute approximate surface area is 164 Å². The molecule has 0 aromatic carbocycles. The van der Waals surface area contributed by atoms with Crippen molar-refractivity contribution in [2.75, 3.05) is 0 Å². The van der Waals surface area contributed by atoms with Crippen molar-refractivity contribution in [3.8, 4) is 0 Å². The van der Waals surface area contributed by atoms with E-state index in [0.717, 1.165) is 37.0 Å². The second-order valence-corrected chi connectivity index (χ2v) is 9.70. The summed E-state index contributed by atoms with van der Waals surface area (Å²) in [6.45, 7) is 4.04. The monoisotopic (exact) mass is 384 g/mol. The molecular weight excluding hydrogens is 345 g/mol. The first-order valence-corrected chi connectivity index (χ1v) is 11.6. The number of hydrogen-bond donors (Lipinski definition) is 0. The summed E-state index contributed by atoms with van der Waals surface area (Å²) in [7, 11) is 0. The summed E-state index contributed by atoms with van der Waals surface area (Å²) in [6.07, 6.45) is 11.4. The zero-order chi connectivity index (χ0) is 19.4. The SMILES string of the molecule is CCCCCC1CCC(C2CC=C(C3CC(F)C(F)C(F)C3C)CC2)CC1. The first kappa shape index (κ1) is 21.2. The molecule has 2 saturated carbocycles. The fraction of sp³-hybridized carbons (Fsp3) is 0.917. The summed E-state index contributed by atoms with van der Waals surface area (Å²) < 4.78 is 41.6. The molecule has 6 unspecified atom stereocenters. The van der Waals surface area contributed by atoms with Crippen molar-refractivity contribution in [3.05, 3.63) is 11.6 Å². The van der Waals surface area contributed by atoms with Gasteiger partial charge >= 0.3 is 0 Å². The normalized spacial score (nSPS) is 43.4. The summed E-state index contributed by atoms with van der Waals surface area (Å²) >= 11 is 0. The highest BCUT2D eigenvalue weighted by Crippen LogP contribution is 2.46. The van der Waals surface area contributed by atoms with E-state index in [1.807, 2.05) is 0 Å². The fourth-order valence-corrected chi connectivity index (χ4v) is 6.06. The Morgan fingerprint density at radius 3 is 2.30 bits per heavy atom. The van der Waals surface area contributed by atoms with Gasteiger partial charge in [0.25, 0.3) is 0 Å². The standard InChI is InChI=1S/C24H39F3/c1-3-4-5-6-17-7-9-18(10-8-17)19-11-13-20(14-12-19)21-15-22(25)24(27)23(26)16(21)2/h13,16-19,21-24H,3-12,14-15H2,1-2H3. The number of rotatable bonds is 6. The molecule has 0 spiro atoms. The average molecular weight is 385 g/mol. The van der Waals surface area contributed by atoms with E-state index in [1.54, 1.807) is 6.92 Å². The smallest absolute Gasteiger partial charge is 0.162 e. The predicted molar refractivity (Wildman–Crippen MR) is 107 cm³/mol. The summed E-state index contributed by atoms with van der Waals surface area (Å²) in [4.78, 5) is 0. The van der Waals surface area contributed by atoms with Crippen LogP contribution in [0.1, 0.15) is 90.9 Å². The Morgan fingerprint density at radius 1 is 0.926 bits per heavy atom.